The van der Waals surface area contributed by atoms with Crippen molar-refractivity contribution in [2.75, 3.05) is 0 Å². The van der Waals surface area contributed by atoms with Gasteiger partial charge in [-0.1, -0.05) is 25.1 Å². The van der Waals surface area contributed by atoms with Gasteiger partial charge >= 0.3 is 0 Å². The van der Waals surface area contributed by atoms with Gasteiger partial charge in [0.2, 0.25) is 10.0 Å². The summed E-state index contributed by atoms with van der Waals surface area (Å²) < 4.78 is 39.9. The van der Waals surface area contributed by atoms with E-state index in [1.54, 1.807) is 0 Å². The Morgan fingerprint density at radius 1 is 1.26 bits per heavy atom. The van der Waals surface area contributed by atoms with Gasteiger partial charge in [0.15, 0.2) is 0 Å². The van der Waals surface area contributed by atoms with Crippen LogP contribution in [0.25, 0.3) is 0 Å². The average Bonchev–Trinajstić information content (AvgIpc) is 2.78. The first-order valence-corrected chi connectivity index (χ1v) is 7.84. The molecule has 0 saturated heterocycles. The van der Waals surface area contributed by atoms with Crippen LogP contribution in [0.15, 0.2) is 29.2 Å². The van der Waals surface area contributed by atoms with E-state index in [1.807, 2.05) is 0 Å². The van der Waals surface area contributed by atoms with Crippen molar-refractivity contribution >= 4 is 27.2 Å². The van der Waals surface area contributed by atoms with Gasteiger partial charge in [0.05, 0.1) is 15.4 Å². The number of sulfonamides is 1. The minimum atomic E-state index is -3.75. The number of nitrogens with one attached hydrogen (secondary N) is 1. The van der Waals surface area contributed by atoms with Crippen LogP contribution < -0.4 is 10.5 Å². The molecule has 1 aromatic carbocycles. The molecule has 7 heteroatoms. The lowest BCUT2D eigenvalue weighted by atomic mass is 10.00. The van der Waals surface area contributed by atoms with Crippen molar-refractivity contribution in [2.24, 2.45) is 5.73 Å². The van der Waals surface area contributed by atoms with Crippen LogP contribution in [0.5, 0.6) is 0 Å². The monoisotopic (exact) mass is 302 g/mol. The van der Waals surface area contributed by atoms with E-state index in [1.165, 1.54) is 12.1 Å². The zero-order chi connectivity index (χ0) is 14.1. The van der Waals surface area contributed by atoms with Crippen LogP contribution in [0.2, 0.25) is 0 Å². The third-order valence-corrected chi connectivity index (χ3v) is 5.33. The summed E-state index contributed by atoms with van der Waals surface area (Å²) in [6, 6.07) is 4.66. The lowest BCUT2D eigenvalue weighted by molar-refractivity contribution is 0.503. The van der Waals surface area contributed by atoms with Crippen LogP contribution in [0.3, 0.4) is 0 Å². The Labute approximate surface area is 117 Å². The molecule has 4 nitrogen and oxygen atoms in total. The van der Waals surface area contributed by atoms with Gasteiger partial charge in [-0.3, -0.25) is 0 Å². The zero-order valence-electron chi connectivity index (χ0n) is 10.2. The number of hydrogen-bond acceptors (Lipinski definition) is 3. The fraction of sp³-hybridized carbons (Fsp3) is 0.417. The molecule has 0 spiro atoms. The molecule has 1 aliphatic carbocycles. The average molecular weight is 302 g/mol. The molecule has 0 radical (unpaired) electrons. The van der Waals surface area contributed by atoms with Crippen LogP contribution in [0.4, 0.5) is 4.39 Å². The molecule has 1 aromatic rings. The van der Waals surface area contributed by atoms with E-state index in [0.717, 1.165) is 25.0 Å². The summed E-state index contributed by atoms with van der Waals surface area (Å²) in [5, 5.41) is 0. The van der Waals surface area contributed by atoms with E-state index in [2.05, 4.69) is 4.72 Å². The molecule has 0 amide bonds. The van der Waals surface area contributed by atoms with Gasteiger partial charge in [0.25, 0.3) is 0 Å². The predicted octanol–water partition coefficient (Wildman–Crippen LogP) is 1.70. The second kappa shape index (κ2) is 5.15. The topological polar surface area (TPSA) is 72.2 Å². The van der Waals surface area contributed by atoms with Crippen molar-refractivity contribution in [1.29, 1.82) is 0 Å². The van der Waals surface area contributed by atoms with E-state index in [9.17, 15) is 12.8 Å². The molecule has 0 heterocycles. The maximum absolute atomic E-state index is 12.8. The third kappa shape index (κ3) is 2.93. The molecule has 0 bridgehead atoms. The molecule has 1 saturated carbocycles. The quantitative estimate of drug-likeness (QED) is 0.831. The number of thiocarbonyl (C=S) groups is 1. The van der Waals surface area contributed by atoms with Crippen LogP contribution in [0, 0.1) is 5.82 Å². The predicted molar refractivity (Wildman–Crippen MR) is 74.7 cm³/mol. The van der Waals surface area contributed by atoms with E-state index in [0.29, 0.717) is 12.8 Å². The van der Waals surface area contributed by atoms with E-state index in [-0.39, 0.29) is 9.88 Å². The van der Waals surface area contributed by atoms with E-state index >= 15 is 0 Å². The number of halogens is 1. The molecular formula is C12H15FN2O2S2. The summed E-state index contributed by atoms with van der Waals surface area (Å²) in [6.07, 6.45) is 2.96. The molecule has 1 aliphatic rings. The molecular weight excluding hydrogens is 287 g/mol. The summed E-state index contributed by atoms with van der Waals surface area (Å²) in [6.45, 7) is 0. The molecule has 104 valence electrons. The highest BCUT2D eigenvalue weighted by Crippen LogP contribution is 2.31. The summed E-state index contributed by atoms with van der Waals surface area (Å²) in [5.74, 6) is -0.483. The van der Waals surface area contributed by atoms with Crippen molar-refractivity contribution in [1.82, 2.24) is 4.72 Å². The Kier molecular flexibility index (Phi) is 3.89. The van der Waals surface area contributed by atoms with Gasteiger partial charge in [-0.15, -0.1) is 0 Å². The first kappa shape index (κ1) is 14.4. The number of rotatable bonds is 4. The highest BCUT2D eigenvalue weighted by molar-refractivity contribution is 7.89. The molecule has 0 unspecified atom stereocenters. The minimum Gasteiger partial charge on any atom is -0.392 e. The molecule has 19 heavy (non-hydrogen) atoms. The summed E-state index contributed by atoms with van der Waals surface area (Å²) in [4.78, 5) is 0.173. The van der Waals surface area contributed by atoms with Gasteiger partial charge in [0.1, 0.15) is 5.82 Å². The first-order chi connectivity index (χ1) is 8.86. The maximum atomic E-state index is 12.8. The van der Waals surface area contributed by atoms with Crippen molar-refractivity contribution in [3.05, 3.63) is 30.1 Å². The third-order valence-electron chi connectivity index (χ3n) is 3.38. The molecule has 3 N–H and O–H groups in total. The van der Waals surface area contributed by atoms with Crippen molar-refractivity contribution in [2.45, 2.75) is 36.1 Å². The summed E-state index contributed by atoms with van der Waals surface area (Å²) in [5.41, 5.74) is 4.84. The maximum Gasteiger partial charge on any atom is 0.241 e. The van der Waals surface area contributed by atoms with Gasteiger partial charge < -0.3 is 5.73 Å². The Balaban J connectivity index is 2.30. The van der Waals surface area contributed by atoms with Crippen molar-refractivity contribution in [3.8, 4) is 0 Å². The number of nitrogens with two attached hydrogens (primary N) is 1. The molecule has 1 fully saturated rings. The largest absolute Gasteiger partial charge is 0.392 e. The molecule has 0 aromatic heterocycles. The van der Waals surface area contributed by atoms with Crippen LogP contribution in [-0.4, -0.2) is 18.9 Å². The van der Waals surface area contributed by atoms with Gasteiger partial charge in [-0.25, -0.2) is 12.8 Å². The van der Waals surface area contributed by atoms with Gasteiger partial charge in [-0.05, 0) is 37.1 Å². The lowest BCUT2D eigenvalue weighted by Crippen LogP contribution is -2.54. The van der Waals surface area contributed by atoms with Crippen molar-refractivity contribution < 1.29 is 12.8 Å². The van der Waals surface area contributed by atoms with E-state index in [4.69, 9.17) is 18.0 Å². The summed E-state index contributed by atoms with van der Waals surface area (Å²) >= 11 is 5.00. The Bertz CT molecular complexity index is 578. The Hall–Kier alpha value is -1.05. The number of hydrogen-bond donors (Lipinski definition) is 2. The highest BCUT2D eigenvalue weighted by Gasteiger charge is 2.40. The fourth-order valence-corrected chi connectivity index (χ4v) is 4.07. The standard InChI is InChI=1S/C12H15FN2O2S2/c13-9-3-5-10(6-4-9)19(16,17)15-12(11(14)18)7-1-2-8-12/h3-6,15H,1-2,7-8H2,(H2,14,18). The second-order valence-corrected chi connectivity index (χ2v) is 6.84. The summed E-state index contributed by atoms with van der Waals surface area (Å²) in [7, 11) is -3.75. The smallest absolute Gasteiger partial charge is 0.241 e. The van der Waals surface area contributed by atoms with Gasteiger partial charge in [-0.2, -0.15) is 4.72 Å². The second-order valence-electron chi connectivity index (χ2n) is 4.71. The van der Waals surface area contributed by atoms with Crippen LogP contribution in [0.1, 0.15) is 25.7 Å². The van der Waals surface area contributed by atoms with Crippen LogP contribution >= 0.6 is 12.2 Å². The molecule has 2 rings (SSSR count). The number of benzene rings is 1. The SMILES string of the molecule is NC(=S)C1(NS(=O)(=O)c2ccc(F)cc2)CCCC1. The minimum absolute atomic E-state index is 0.0106. The van der Waals surface area contributed by atoms with E-state index < -0.39 is 21.4 Å². The zero-order valence-corrected chi connectivity index (χ0v) is 11.9. The normalized spacial score (nSPS) is 18.4. The molecule has 0 aliphatic heterocycles. The van der Waals surface area contributed by atoms with Gasteiger partial charge in [0, 0.05) is 0 Å². The molecule has 0 atom stereocenters. The van der Waals surface area contributed by atoms with Crippen molar-refractivity contribution in [3.63, 3.8) is 0 Å². The lowest BCUT2D eigenvalue weighted by Gasteiger charge is -2.28. The van der Waals surface area contributed by atoms with Crippen LogP contribution in [-0.2, 0) is 10.0 Å². The first-order valence-electron chi connectivity index (χ1n) is 5.95. The highest BCUT2D eigenvalue weighted by atomic mass is 32.2. The fourth-order valence-electron chi connectivity index (χ4n) is 2.31. The Morgan fingerprint density at radius 2 is 1.79 bits per heavy atom. The Morgan fingerprint density at radius 3 is 2.26 bits per heavy atom.